The Morgan fingerprint density at radius 1 is 1.07 bits per heavy atom. The lowest BCUT2D eigenvalue weighted by atomic mass is 9.48. The van der Waals surface area contributed by atoms with Gasteiger partial charge in [-0.2, -0.15) is 0 Å². The summed E-state index contributed by atoms with van der Waals surface area (Å²) in [4.78, 5) is 0. The third kappa shape index (κ3) is 1.54. The van der Waals surface area contributed by atoms with Crippen molar-refractivity contribution in [1.82, 2.24) is 0 Å². The largest absolute Gasteiger partial charge is 0.393 e. The maximum Gasteiger partial charge on any atom is 0.0596 e. The molecule has 1 atom stereocenters. The Labute approximate surface area is 93.3 Å². The molecule has 1 nitrogen and oxygen atoms in total. The fourth-order valence-electron chi connectivity index (χ4n) is 5.17. The first-order valence-electron chi connectivity index (χ1n) is 6.90. The highest BCUT2D eigenvalue weighted by Gasteiger charge is 2.53. The second-order valence-corrected chi connectivity index (χ2v) is 6.58. The Morgan fingerprint density at radius 3 is 1.93 bits per heavy atom. The van der Waals surface area contributed by atoms with Crippen LogP contribution in [0.25, 0.3) is 0 Å². The third-order valence-electron chi connectivity index (χ3n) is 5.35. The minimum absolute atomic E-state index is 0.0101. The molecule has 1 N–H and O–H groups in total. The Hall–Kier alpha value is -0.0400. The van der Waals surface area contributed by atoms with Gasteiger partial charge in [0.2, 0.25) is 0 Å². The average molecular weight is 208 g/mol. The van der Waals surface area contributed by atoms with Crippen molar-refractivity contribution < 1.29 is 5.11 Å². The lowest BCUT2D eigenvalue weighted by molar-refractivity contribution is -0.122. The topological polar surface area (TPSA) is 20.2 Å². The van der Waals surface area contributed by atoms with Crippen LogP contribution in [-0.2, 0) is 0 Å². The molecule has 0 radical (unpaired) electrons. The highest BCUT2D eigenvalue weighted by Crippen LogP contribution is 2.61. The van der Waals surface area contributed by atoms with Gasteiger partial charge in [0.25, 0.3) is 0 Å². The average Bonchev–Trinajstić information content (AvgIpc) is 2.15. The quantitative estimate of drug-likeness (QED) is 0.754. The Bertz CT molecular complexity index is 210. The van der Waals surface area contributed by atoms with Gasteiger partial charge in [-0.25, -0.2) is 0 Å². The third-order valence-corrected chi connectivity index (χ3v) is 5.35. The van der Waals surface area contributed by atoms with Gasteiger partial charge in [0.1, 0.15) is 0 Å². The smallest absolute Gasteiger partial charge is 0.0596 e. The van der Waals surface area contributed by atoms with E-state index in [0.717, 1.165) is 30.6 Å². The normalized spacial score (nSPS) is 49.6. The van der Waals surface area contributed by atoms with E-state index in [2.05, 4.69) is 6.92 Å². The number of aliphatic hydroxyl groups excluding tert-OH is 1. The molecule has 86 valence electrons. The Balaban J connectivity index is 1.80. The summed E-state index contributed by atoms with van der Waals surface area (Å²) in [6.45, 7) is 2.20. The van der Waals surface area contributed by atoms with Gasteiger partial charge < -0.3 is 5.11 Å². The van der Waals surface area contributed by atoms with E-state index in [0.29, 0.717) is 5.41 Å². The first-order chi connectivity index (χ1) is 7.22. The van der Waals surface area contributed by atoms with E-state index in [1.807, 2.05) is 0 Å². The van der Waals surface area contributed by atoms with Crippen molar-refractivity contribution in [2.24, 2.45) is 23.2 Å². The maximum absolute atomic E-state index is 10.4. The molecule has 0 amide bonds. The highest BCUT2D eigenvalue weighted by atomic mass is 16.3. The second-order valence-electron chi connectivity index (χ2n) is 6.58. The van der Waals surface area contributed by atoms with Gasteiger partial charge in [-0.1, -0.05) is 13.3 Å². The number of hydrogen-bond acceptors (Lipinski definition) is 1. The van der Waals surface area contributed by atoms with Gasteiger partial charge in [-0.05, 0) is 68.1 Å². The summed E-state index contributed by atoms with van der Waals surface area (Å²) < 4.78 is 0. The molecule has 4 aliphatic carbocycles. The van der Waals surface area contributed by atoms with Crippen LogP contribution in [0, 0.1) is 23.2 Å². The fourth-order valence-corrected chi connectivity index (χ4v) is 5.17. The minimum Gasteiger partial charge on any atom is -0.393 e. The van der Waals surface area contributed by atoms with Crippen molar-refractivity contribution in [3.8, 4) is 0 Å². The zero-order chi connectivity index (χ0) is 10.5. The van der Waals surface area contributed by atoms with Crippen molar-refractivity contribution in [1.29, 1.82) is 0 Å². The summed E-state index contributed by atoms with van der Waals surface area (Å²) in [6.07, 6.45) is 10.7. The predicted molar refractivity (Wildman–Crippen MR) is 61.5 cm³/mol. The molecule has 1 heteroatoms. The second kappa shape index (κ2) is 3.48. The Kier molecular flexibility index (Phi) is 2.35. The van der Waals surface area contributed by atoms with Crippen LogP contribution < -0.4 is 0 Å². The van der Waals surface area contributed by atoms with Crippen molar-refractivity contribution in [2.75, 3.05) is 0 Å². The standard InChI is InChI=1S/C14H24O/c1-2-3-13(15)14-7-10-4-11(8-14)6-12(5-10)9-14/h10-13,15H,2-9H2,1H3/t10?,11?,12?,13-,14?/m1/s1. The number of hydrogen-bond donors (Lipinski definition) is 1. The van der Waals surface area contributed by atoms with Crippen LogP contribution >= 0.6 is 0 Å². The van der Waals surface area contributed by atoms with Gasteiger partial charge in [-0.15, -0.1) is 0 Å². The van der Waals surface area contributed by atoms with Gasteiger partial charge in [0.15, 0.2) is 0 Å². The summed E-state index contributed by atoms with van der Waals surface area (Å²) >= 11 is 0. The van der Waals surface area contributed by atoms with E-state index in [-0.39, 0.29) is 6.10 Å². The molecule has 0 spiro atoms. The lowest BCUT2D eigenvalue weighted by Gasteiger charge is -2.58. The van der Waals surface area contributed by atoms with Crippen LogP contribution in [0.1, 0.15) is 58.3 Å². The van der Waals surface area contributed by atoms with Gasteiger partial charge >= 0.3 is 0 Å². The summed E-state index contributed by atoms with van der Waals surface area (Å²) in [6, 6.07) is 0. The van der Waals surface area contributed by atoms with E-state index in [4.69, 9.17) is 0 Å². The van der Waals surface area contributed by atoms with Crippen LogP contribution in [0.3, 0.4) is 0 Å². The lowest BCUT2D eigenvalue weighted by Crippen LogP contribution is -2.51. The predicted octanol–water partition coefficient (Wildman–Crippen LogP) is 3.36. The van der Waals surface area contributed by atoms with Crippen molar-refractivity contribution >= 4 is 0 Å². The van der Waals surface area contributed by atoms with Crippen LogP contribution in [0.2, 0.25) is 0 Å². The van der Waals surface area contributed by atoms with Gasteiger partial charge in [0, 0.05) is 0 Å². The molecule has 4 aliphatic rings. The van der Waals surface area contributed by atoms with Gasteiger partial charge in [-0.3, -0.25) is 0 Å². The fraction of sp³-hybridized carbons (Fsp3) is 1.00. The van der Waals surface area contributed by atoms with E-state index >= 15 is 0 Å². The van der Waals surface area contributed by atoms with E-state index in [1.54, 1.807) is 0 Å². The summed E-state index contributed by atoms with van der Waals surface area (Å²) in [5.41, 5.74) is 0.366. The van der Waals surface area contributed by atoms with E-state index in [9.17, 15) is 5.11 Å². The number of aliphatic hydroxyl groups is 1. The molecule has 15 heavy (non-hydrogen) atoms. The van der Waals surface area contributed by atoms with Crippen LogP contribution in [0.15, 0.2) is 0 Å². The molecule has 0 aromatic heterocycles. The summed E-state index contributed by atoms with van der Waals surface area (Å²) in [5, 5.41) is 10.4. The van der Waals surface area contributed by atoms with Crippen molar-refractivity contribution in [2.45, 2.75) is 64.4 Å². The van der Waals surface area contributed by atoms with E-state index < -0.39 is 0 Å². The number of rotatable bonds is 3. The van der Waals surface area contributed by atoms with Crippen LogP contribution in [-0.4, -0.2) is 11.2 Å². The first-order valence-corrected chi connectivity index (χ1v) is 6.90. The molecule has 0 unspecified atom stereocenters. The molecule has 4 bridgehead atoms. The van der Waals surface area contributed by atoms with Crippen molar-refractivity contribution in [3.05, 3.63) is 0 Å². The molecular weight excluding hydrogens is 184 g/mol. The highest BCUT2D eigenvalue weighted by molar-refractivity contribution is 5.04. The molecule has 0 saturated heterocycles. The SMILES string of the molecule is CCC[C@@H](O)C12CC3CC(CC(C3)C1)C2. The molecule has 0 aromatic carbocycles. The molecule has 4 fully saturated rings. The Morgan fingerprint density at radius 2 is 1.53 bits per heavy atom. The molecule has 0 heterocycles. The zero-order valence-corrected chi connectivity index (χ0v) is 9.91. The zero-order valence-electron chi connectivity index (χ0n) is 9.91. The summed E-state index contributed by atoms with van der Waals surface area (Å²) in [5.74, 6) is 2.92. The van der Waals surface area contributed by atoms with E-state index in [1.165, 1.54) is 38.5 Å². The summed E-state index contributed by atoms with van der Waals surface area (Å²) in [7, 11) is 0. The van der Waals surface area contributed by atoms with Crippen molar-refractivity contribution in [3.63, 3.8) is 0 Å². The maximum atomic E-state index is 10.4. The van der Waals surface area contributed by atoms with Crippen LogP contribution in [0.4, 0.5) is 0 Å². The molecule has 0 aliphatic heterocycles. The molecule has 4 saturated carbocycles. The molecule has 4 rings (SSSR count). The monoisotopic (exact) mass is 208 g/mol. The van der Waals surface area contributed by atoms with Crippen LogP contribution in [0.5, 0.6) is 0 Å². The van der Waals surface area contributed by atoms with Gasteiger partial charge in [0.05, 0.1) is 6.10 Å². The minimum atomic E-state index is 0.0101. The molecular formula is C14H24O. The molecule has 0 aromatic rings. The first kappa shape index (κ1) is 10.1.